The molecule has 1 aromatic carbocycles. The Morgan fingerprint density at radius 3 is 2.78 bits per heavy atom. The van der Waals surface area contributed by atoms with E-state index in [1.54, 1.807) is 11.3 Å². The minimum absolute atomic E-state index is 0.682. The van der Waals surface area contributed by atoms with E-state index in [4.69, 9.17) is 0 Å². The van der Waals surface area contributed by atoms with E-state index in [9.17, 15) is 9.90 Å². The predicted molar refractivity (Wildman–Crippen MR) is 72.1 cm³/mol. The van der Waals surface area contributed by atoms with Crippen LogP contribution in [-0.4, -0.2) is 16.1 Å². The molecule has 1 heterocycles. The van der Waals surface area contributed by atoms with Crippen molar-refractivity contribution in [2.45, 2.75) is 38.0 Å². The van der Waals surface area contributed by atoms with Gasteiger partial charge in [-0.05, 0) is 31.4 Å². The number of aliphatic carboxylic acids is 1. The second-order valence-electron chi connectivity index (χ2n) is 4.98. The van der Waals surface area contributed by atoms with Gasteiger partial charge in [-0.1, -0.05) is 25.0 Å². The molecular formula is C14H15NO2S. The van der Waals surface area contributed by atoms with Gasteiger partial charge < -0.3 is 5.11 Å². The third kappa shape index (κ3) is 1.56. The first-order chi connectivity index (χ1) is 8.63. The molecule has 2 aromatic rings. The molecular weight excluding hydrogens is 246 g/mol. The van der Waals surface area contributed by atoms with Crippen molar-refractivity contribution in [1.29, 1.82) is 0 Å². The van der Waals surface area contributed by atoms with Gasteiger partial charge in [0, 0.05) is 0 Å². The van der Waals surface area contributed by atoms with Gasteiger partial charge in [0.1, 0.15) is 0 Å². The van der Waals surface area contributed by atoms with Crippen LogP contribution in [0.4, 0.5) is 0 Å². The van der Waals surface area contributed by atoms with Gasteiger partial charge in [0.25, 0.3) is 0 Å². The van der Waals surface area contributed by atoms with Gasteiger partial charge in [0.2, 0.25) is 0 Å². The zero-order chi connectivity index (χ0) is 12.8. The third-order valence-electron chi connectivity index (χ3n) is 3.90. The average molecular weight is 261 g/mol. The zero-order valence-corrected chi connectivity index (χ0v) is 11.1. The molecule has 0 bridgehead atoms. The molecule has 0 atom stereocenters. The lowest BCUT2D eigenvalue weighted by atomic mass is 9.79. The minimum Gasteiger partial charge on any atom is -0.481 e. The minimum atomic E-state index is -0.682. The summed E-state index contributed by atoms with van der Waals surface area (Å²) in [5, 5.41) is 10.7. The molecule has 1 saturated carbocycles. The number of nitrogens with zero attached hydrogens (tertiary/aromatic N) is 1. The molecule has 1 aromatic heterocycles. The summed E-state index contributed by atoms with van der Waals surface area (Å²) < 4.78 is 1.05. The normalized spacial score (nSPS) is 18.3. The molecule has 0 radical (unpaired) electrons. The fourth-order valence-electron chi connectivity index (χ4n) is 3.01. The smallest absolute Gasteiger partial charge is 0.314 e. The molecule has 0 unspecified atom stereocenters. The van der Waals surface area contributed by atoms with Crippen molar-refractivity contribution in [2.24, 2.45) is 0 Å². The van der Waals surface area contributed by atoms with Crippen molar-refractivity contribution >= 4 is 27.5 Å². The molecule has 4 heteroatoms. The van der Waals surface area contributed by atoms with Crippen molar-refractivity contribution in [2.75, 3.05) is 0 Å². The second kappa shape index (κ2) is 4.05. The number of carboxylic acids is 1. The van der Waals surface area contributed by atoms with Crippen LogP contribution in [-0.2, 0) is 10.2 Å². The molecule has 1 aliphatic carbocycles. The monoisotopic (exact) mass is 261 g/mol. The Balaban J connectivity index is 2.26. The summed E-state index contributed by atoms with van der Waals surface area (Å²) in [7, 11) is 0. The van der Waals surface area contributed by atoms with E-state index in [1.807, 2.05) is 25.1 Å². The van der Waals surface area contributed by atoms with Gasteiger partial charge in [-0.3, -0.25) is 4.79 Å². The van der Waals surface area contributed by atoms with E-state index < -0.39 is 11.4 Å². The Morgan fingerprint density at radius 1 is 1.39 bits per heavy atom. The molecule has 0 aliphatic heterocycles. The van der Waals surface area contributed by atoms with Gasteiger partial charge in [-0.15, -0.1) is 11.3 Å². The summed E-state index contributed by atoms with van der Waals surface area (Å²) >= 11 is 1.61. The summed E-state index contributed by atoms with van der Waals surface area (Å²) in [6, 6.07) is 5.87. The fourth-order valence-corrected chi connectivity index (χ4v) is 4.05. The largest absolute Gasteiger partial charge is 0.481 e. The van der Waals surface area contributed by atoms with Gasteiger partial charge >= 0.3 is 5.97 Å². The van der Waals surface area contributed by atoms with Crippen LogP contribution in [0, 0.1) is 6.92 Å². The van der Waals surface area contributed by atoms with E-state index in [2.05, 4.69) is 4.98 Å². The Kier molecular flexibility index (Phi) is 2.63. The average Bonchev–Trinajstić information content (AvgIpc) is 2.93. The van der Waals surface area contributed by atoms with E-state index >= 15 is 0 Å². The molecule has 3 nitrogen and oxygen atoms in total. The number of carboxylic acid groups (broad SMARTS) is 1. The molecule has 1 fully saturated rings. The first kappa shape index (κ1) is 11.7. The predicted octanol–water partition coefficient (Wildman–Crippen LogP) is 3.50. The van der Waals surface area contributed by atoms with Crippen molar-refractivity contribution in [3.05, 3.63) is 28.8 Å². The molecule has 1 N–H and O–H groups in total. The Hall–Kier alpha value is -1.42. The highest BCUT2D eigenvalue weighted by Gasteiger charge is 2.44. The van der Waals surface area contributed by atoms with Crippen molar-refractivity contribution in [3.63, 3.8) is 0 Å². The van der Waals surface area contributed by atoms with E-state index in [-0.39, 0.29) is 0 Å². The third-order valence-corrected chi connectivity index (χ3v) is 4.92. The topological polar surface area (TPSA) is 50.2 Å². The van der Waals surface area contributed by atoms with Crippen LogP contribution in [0.25, 0.3) is 10.2 Å². The number of hydrogen-bond donors (Lipinski definition) is 1. The first-order valence-corrected chi connectivity index (χ1v) is 7.05. The summed E-state index contributed by atoms with van der Waals surface area (Å²) in [6.07, 6.45) is 3.50. The Morgan fingerprint density at radius 2 is 2.11 bits per heavy atom. The molecule has 0 amide bonds. The van der Waals surface area contributed by atoms with E-state index in [0.717, 1.165) is 46.5 Å². The molecule has 94 valence electrons. The molecule has 3 rings (SSSR count). The van der Waals surface area contributed by atoms with Crippen LogP contribution >= 0.6 is 11.3 Å². The number of aryl methyl sites for hydroxylation is 1. The highest BCUT2D eigenvalue weighted by Crippen LogP contribution is 2.45. The zero-order valence-electron chi connectivity index (χ0n) is 10.3. The van der Waals surface area contributed by atoms with E-state index in [0.29, 0.717) is 0 Å². The molecule has 0 spiro atoms. The maximum absolute atomic E-state index is 11.8. The SMILES string of the molecule is Cc1nc2cccc(C3(C(=O)O)CCCC3)c2s1. The molecule has 0 saturated heterocycles. The lowest BCUT2D eigenvalue weighted by Gasteiger charge is -2.24. The summed E-state index contributed by atoms with van der Waals surface area (Å²) in [4.78, 5) is 16.2. The quantitative estimate of drug-likeness (QED) is 0.900. The van der Waals surface area contributed by atoms with Crippen molar-refractivity contribution < 1.29 is 9.90 Å². The lowest BCUT2D eigenvalue weighted by Crippen LogP contribution is -2.32. The highest BCUT2D eigenvalue weighted by atomic mass is 32.1. The van der Waals surface area contributed by atoms with Crippen LogP contribution in [0.1, 0.15) is 36.3 Å². The second-order valence-corrected chi connectivity index (χ2v) is 6.18. The number of aromatic nitrogens is 1. The van der Waals surface area contributed by atoms with Crippen LogP contribution < -0.4 is 0 Å². The van der Waals surface area contributed by atoms with Crippen LogP contribution in [0.15, 0.2) is 18.2 Å². The molecule has 18 heavy (non-hydrogen) atoms. The number of hydrogen-bond acceptors (Lipinski definition) is 3. The van der Waals surface area contributed by atoms with Crippen molar-refractivity contribution in [1.82, 2.24) is 4.98 Å². The number of rotatable bonds is 2. The van der Waals surface area contributed by atoms with Crippen LogP contribution in [0.5, 0.6) is 0 Å². The summed E-state index contributed by atoms with van der Waals surface area (Å²) in [6.45, 7) is 1.97. The maximum atomic E-state index is 11.8. The van der Waals surface area contributed by atoms with E-state index in [1.165, 1.54) is 0 Å². The van der Waals surface area contributed by atoms with Gasteiger partial charge in [0.05, 0.1) is 20.6 Å². The van der Waals surface area contributed by atoms with Gasteiger partial charge in [0.15, 0.2) is 0 Å². The standard InChI is InChI=1S/C14H15NO2S/c1-9-15-11-6-4-5-10(12(11)18-9)14(13(16)17)7-2-3-8-14/h4-6H,2-3,7-8H2,1H3,(H,16,17). The summed E-state index contributed by atoms with van der Waals surface area (Å²) in [5.41, 5.74) is 1.22. The van der Waals surface area contributed by atoms with Crippen molar-refractivity contribution in [3.8, 4) is 0 Å². The lowest BCUT2D eigenvalue weighted by molar-refractivity contribution is -0.143. The first-order valence-electron chi connectivity index (χ1n) is 6.23. The highest BCUT2D eigenvalue weighted by molar-refractivity contribution is 7.18. The van der Waals surface area contributed by atoms with Gasteiger partial charge in [-0.25, -0.2) is 4.98 Å². The molecule has 1 aliphatic rings. The number of benzene rings is 1. The van der Waals surface area contributed by atoms with Crippen LogP contribution in [0.2, 0.25) is 0 Å². The maximum Gasteiger partial charge on any atom is 0.314 e. The summed E-state index contributed by atoms with van der Waals surface area (Å²) in [5.74, 6) is -0.682. The van der Waals surface area contributed by atoms with Gasteiger partial charge in [-0.2, -0.15) is 0 Å². The Labute approximate surface area is 109 Å². The number of thiazole rings is 1. The number of carbonyl (C=O) groups is 1. The fraction of sp³-hybridized carbons (Fsp3) is 0.429. The number of fused-ring (bicyclic) bond motifs is 1. The Bertz CT molecular complexity index is 611. The van der Waals surface area contributed by atoms with Crippen LogP contribution in [0.3, 0.4) is 0 Å².